The Labute approximate surface area is 323 Å². The Bertz CT molecular complexity index is 3200. The van der Waals surface area contributed by atoms with Gasteiger partial charge in [0.2, 0.25) is 0 Å². The second-order valence-electron chi connectivity index (χ2n) is 14.1. The maximum Gasteiger partial charge on any atom is 0.143 e. The summed E-state index contributed by atoms with van der Waals surface area (Å²) in [5.74, 6) is 0. The van der Waals surface area contributed by atoms with Gasteiger partial charge in [0.15, 0.2) is 0 Å². The monoisotopic (exact) mass is 718 g/mol. The number of rotatable bonds is 7. The summed E-state index contributed by atoms with van der Waals surface area (Å²) >= 11 is 0. The van der Waals surface area contributed by atoms with Gasteiger partial charge < -0.3 is 18.6 Å². The summed E-state index contributed by atoms with van der Waals surface area (Å²) in [5, 5.41) is 6.45. The molecule has 11 aromatic rings. The highest BCUT2D eigenvalue weighted by molar-refractivity contribution is 6.21. The molecule has 4 nitrogen and oxygen atoms in total. The van der Waals surface area contributed by atoms with Crippen molar-refractivity contribution in [2.75, 3.05) is 9.80 Å². The van der Waals surface area contributed by atoms with E-state index in [4.69, 9.17) is 8.83 Å². The highest BCUT2D eigenvalue weighted by Gasteiger charge is 2.27. The lowest BCUT2D eigenvalue weighted by Crippen LogP contribution is -2.14. The Balaban J connectivity index is 1.28. The van der Waals surface area contributed by atoms with E-state index in [0.29, 0.717) is 0 Å². The first kappa shape index (κ1) is 31.9. The molecule has 0 bridgehead atoms. The minimum absolute atomic E-state index is 0.798. The van der Waals surface area contributed by atoms with E-state index >= 15 is 0 Å². The van der Waals surface area contributed by atoms with E-state index in [1.807, 2.05) is 12.1 Å². The molecule has 0 spiro atoms. The maximum atomic E-state index is 7.08. The molecule has 264 valence electrons. The van der Waals surface area contributed by atoms with Crippen LogP contribution in [0.15, 0.2) is 215 Å². The van der Waals surface area contributed by atoms with Gasteiger partial charge in [0.1, 0.15) is 22.3 Å². The SMILES string of the molecule is c1ccc(-c2ccccc2N(c2ccccc2)c2cc(N(c3ccccc3)c3cccc4oc5ccccc5c34)cc3oc4c5ccccc5ccc4c23)cc1. The van der Waals surface area contributed by atoms with Gasteiger partial charge in [-0.1, -0.05) is 140 Å². The first-order valence-corrected chi connectivity index (χ1v) is 18.9. The molecule has 0 atom stereocenters. The van der Waals surface area contributed by atoms with Crippen LogP contribution < -0.4 is 9.80 Å². The van der Waals surface area contributed by atoms with E-state index in [9.17, 15) is 0 Å². The lowest BCUT2D eigenvalue weighted by Gasteiger charge is -2.31. The zero-order valence-electron chi connectivity index (χ0n) is 30.3. The molecular weight excluding hydrogens is 685 g/mol. The molecule has 9 aromatic carbocycles. The van der Waals surface area contributed by atoms with Crippen LogP contribution in [0.1, 0.15) is 0 Å². The largest absolute Gasteiger partial charge is 0.456 e. The number of para-hydroxylation sites is 4. The molecule has 2 heterocycles. The average molecular weight is 719 g/mol. The van der Waals surface area contributed by atoms with E-state index in [1.165, 1.54) is 0 Å². The minimum Gasteiger partial charge on any atom is -0.456 e. The minimum atomic E-state index is 0.798. The fourth-order valence-electron chi connectivity index (χ4n) is 8.37. The third-order valence-corrected chi connectivity index (χ3v) is 10.8. The lowest BCUT2D eigenvalue weighted by molar-refractivity contribution is 0.669. The molecule has 0 amide bonds. The van der Waals surface area contributed by atoms with E-state index in [0.717, 1.165) is 99.9 Å². The smallest absolute Gasteiger partial charge is 0.143 e. The van der Waals surface area contributed by atoms with Crippen molar-refractivity contribution in [3.8, 4) is 11.1 Å². The van der Waals surface area contributed by atoms with Crippen LogP contribution in [0.25, 0.3) is 65.8 Å². The summed E-state index contributed by atoms with van der Waals surface area (Å²) in [5.41, 5.74) is 11.7. The van der Waals surface area contributed by atoms with Crippen molar-refractivity contribution in [2.24, 2.45) is 0 Å². The summed E-state index contributed by atoms with van der Waals surface area (Å²) in [4.78, 5) is 4.74. The van der Waals surface area contributed by atoms with Crippen molar-refractivity contribution in [1.29, 1.82) is 0 Å². The number of benzene rings is 9. The quantitative estimate of drug-likeness (QED) is 0.164. The van der Waals surface area contributed by atoms with Gasteiger partial charge in [-0.15, -0.1) is 0 Å². The van der Waals surface area contributed by atoms with E-state index in [2.05, 4.69) is 204 Å². The van der Waals surface area contributed by atoms with E-state index in [-0.39, 0.29) is 0 Å². The van der Waals surface area contributed by atoms with E-state index in [1.54, 1.807) is 0 Å². The van der Waals surface area contributed by atoms with Crippen LogP contribution in [0.5, 0.6) is 0 Å². The zero-order chi connectivity index (χ0) is 37.0. The number of furan rings is 2. The molecule has 56 heavy (non-hydrogen) atoms. The van der Waals surface area contributed by atoms with Crippen molar-refractivity contribution in [3.63, 3.8) is 0 Å². The summed E-state index contributed by atoms with van der Waals surface area (Å²) in [6.07, 6.45) is 0. The van der Waals surface area contributed by atoms with Crippen molar-refractivity contribution in [3.05, 3.63) is 206 Å². The molecule has 0 saturated carbocycles. The van der Waals surface area contributed by atoms with E-state index < -0.39 is 0 Å². The van der Waals surface area contributed by atoms with Crippen LogP contribution in [0, 0.1) is 0 Å². The summed E-state index contributed by atoms with van der Waals surface area (Å²) in [6.45, 7) is 0. The Morgan fingerprint density at radius 1 is 0.321 bits per heavy atom. The van der Waals surface area contributed by atoms with Gasteiger partial charge >= 0.3 is 0 Å². The Morgan fingerprint density at radius 2 is 0.929 bits per heavy atom. The zero-order valence-corrected chi connectivity index (χ0v) is 30.3. The molecule has 0 fully saturated rings. The topological polar surface area (TPSA) is 32.8 Å². The number of hydrogen-bond donors (Lipinski definition) is 0. The second kappa shape index (κ2) is 13.1. The van der Waals surface area contributed by atoms with Crippen molar-refractivity contribution >= 4 is 88.8 Å². The molecule has 0 aliphatic heterocycles. The first-order valence-electron chi connectivity index (χ1n) is 18.9. The summed E-state index contributed by atoms with van der Waals surface area (Å²) in [7, 11) is 0. The molecule has 0 unspecified atom stereocenters. The Hall–Kier alpha value is -7.56. The normalized spacial score (nSPS) is 11.6. The molecule has 0 N–H and O–H groups in total. The summed E-state index contributed by atoms with van der Waals surface area (Å²) in [6, 6.07) is 72.6. The predicted molar refractivity (Wildman–Crippen MR) is 233 cm³/mol. The van der Waals surface area contributed by atoms with Crippen LogP contribution in [-0.2, 0) is 0 Å². The lowest BCUT2D eigenvalue weighted by atomic mass is 9.99. The van der Waals surface area contributed by atoms with Gasteiger partial charge in [0.05, 0.1) is 33.5 Å². The van der Waals surface area contributed by atoms with Crippen LogP contribution in [-0.4, -0.2) is 0 Å². The van der Waals surface area contributed by atoms with Crippen LogP contribution in [0.3, 0.4) is 0 Å². The molecule has 0 radical (unpaired) electrons. The van der Waals surface area contributed by atoms with Crippen LogP contribution >= 0.6 is 0 Å². The van der Waals surface area contributed by atoms with Crippen molar-refractivity contribution in [2.45, 2.75) is 0 Å². The number of hydrogen-bond acceptors (Lipinski definition) is 4. The molecule has 0 aliphatic rings. The average Bonchev–Trinajstić information content (AvgIpc) is 3.85. The molecule has 2 aromatic heterocycles. The predicted octanol–water partition coefficient (Wildman–Crippen LogP) is 15.2. The van der Waals surface area contributed by atoms with Gasteiger partial charge in [-0.05, 0) is 71.6 Å². The fraction of sp³-hybridized carbons (Fsp3) is 0. The van der Waals surface area contributed by atoms with Crippen LogP contribution in [0.4, 0.5) is 34.1 Å². The Morgan fingerprint density at radius 3 is 1.73 bits per heavy atom. The first-order chi connectivity index (χ1) is 27.8. The Kier molecular flexibility index (Phi) is 7.46. The van der Waals surface area contributed by atoms with Crippen molar-refractivity contribution < 1.29 is 8.83 Å². The summed E-state index contributed by atoms with van der Waals surface area (Å²) < 4.78 is 13.5. The second-order valence-corrected chi connectivity index (χ2v) is 14.1. The van der Waals surface area contributed by atoms with Gasteiger partial charge in [-0.2, -0.15) is 0 Å². The van der Waals surface area contributed by atoms with Crippen LogP contribution in [0.2, 0.25) is 0 Å². The number of nitrogens with zero attached hydrogens (tertiary/aromatic N) is 2. The highest BCUT2D eigenvalue weighted by atomic mass is 16.3. The molecular formula is C52H34N2O2. The third kappa shape index (κ3) is 5.15. The fourth-order valence-corrected chi connectivity index (χ4v) is 8.37. The highest BCUT2D eigenvalue weighted by Crippen LogP contribution is 2.51. The molecule has 11 rings (SSSR count). The number of anilines is 6. The van der Waals surface area contributed by atoms with Gasteiger partial charge in [-0.3, -0.25) is 0 Å². The third-order valence-electron chi connectivity index (χ3n) is 10.8. The number of fused-ring (bicyclic) bond motifs is 8. The molecule has 4 heteroatoms. The van der Waals surface area contributed by atoms with Crippen molar-refractivity contribution in [1.82, 2.24) is 0 Å². The maximum absolute atomic E-state index is 7.08. The standard InChI is InChI=1S/C52H34N2O2/c1-4-17-35(18-5-1)40-24-12-14-27-44(40)54(38-22-8-3-9-23-38)46-33-39(34-49-51(46)43-32-31-36-19-10-11-25-41(36)52(43)56-49)53(37-20-6-2-7-21-37)45-28-16-30-48-50(45)42-26-13-15-29-47(42)55-48/h1-34H. The van der Waals surface area contributed by atoms with Gasteiger partial charge in [-0.25, -0.2) is 0 Å². The molecule has 0 saturated heterocycles. The van der Waals surface area contributed by atoms with Gasteiger partial charge in [0, 0.05) is 39.2 Å². The van der Waals surface area contributed by atoms with Gasteiger partial charge in [0.25, 0.3) is 0 Å². The molecule has 0 aliphatic carbocycles.